The van der Waals surface area contributed by atoms with Crippen molar-refractivity contribution < 1.29 is 24.9 Å². The Kier molecular flexibility index (Phi) is 5.17. The van der Waals surface area contributed by atoms with Crippen molar-refractivity contribution >= 4 is 12.0 Å². The van der Waals surface area contributed by atoms with Crippen LogP contribution in [0.3, 0.4) is 0 Å². The molecule has 98 valence electrons. The van der Waals surface area contributed by atoms with Crippen molar-refractivity contribution in [2.45, 2.75) is 31.4 Å². The molecule has 0 radical (unpaired) electrons. The van der Waals surface area contributed by atoms with Crippen molar-refractivity contribution in [1.29, 1.82) is 0 Å². The van der Waals surface area contributed by atoms with Crippen LogP contribution in [0.5, 0.6) is 0 Å². The van der Waals surface area contributed by atoms with Crippen LogP contribution in [0.4, 0.5) is 4.79 Å². The fourth-order valence-corrected chi connectivity index (χ4v) is 1.77. The molecule has 0 aromatic rings. The SMILES string of the molecule is O=C(O)C(CCO)NC(=O)N1CCCC(O)C1. The van der Waals surface area contributed by atoms with E-state index in [2.05, 4.69) is 5.32 Å². The summed E-state index contributed by atoms with van der Waals surface area (Å²) in [4.78, 5) is 23.9. The lowest BCUT2D eigenvalue weighted by Gasteiger charge is -2.31. The minimum atomic E-state index is -1.18. The number of likely N-dealkylation sites (tertiary alicyclic amines) is 1. The van der Waals surface area contributed by atoms with Crippen molar-refractivity contribution in [3.63, 3.8) is 0 Å². The molecular formula is C10H18N2O5. The van der Waals surface area contributed by atoms with Crippen molar-refractivity contribution in [1.82, 2.24) is 10.2 Å². The molecule has 0 bridgehead atoms. The van der Waals surface area contributed by atoms with E-state index in [1.807, 2.05) is 0 Å². The van der Waals surface area contributed by atoms with Crippen LogP contribution < -0.4 is 5.32 Å². The summed E-state index contributed by atoms with van der Waals surface area (Å²) >= 11 is 0. The first-order valence-electron chi connectivity index (χ1n) is 5.61. The van der Waals surface area contributed by atoms with Gasteiger partial charge in [0.2, 0.25) is 0 Å². The van der Waals surface area contributed by atoms with Gasteiger partial charge in [0.25, 0.3) is 0 Å². The van der Waals surface area contributed by atoms with Crippen LogP contribution in [0.15, 0.2) is 0 Å². The number of nitrogens with one attached hydrogen (secondary N) is 1. The molecule has 2 atom stereocenters. The van der Waals surface area contributed by atoms with E-state index in [0.717, 1.165) is 0 Å². The number of carbonyl (C=O) groups is 2. The summed E-state index contributed by atoms with van der Waals surface area (Å²) in [6.07, 6.45) is 0.780. The smallest absolute Gasteiger partial charge is 0.326 e. The molecule has 0 aromatic carbocycles. The van der Waals surface area contributed by atoms with Gasteiger partial charge in [-0.25, -0.2) is 9.59 Å². The fraction of sp³-hybridized carbons (Fsp3) is 0.800. The predicted octanol–water partition coefficient (Wildman–Crippen LogP) is -1.01. The van der Waals surface area contributed by atoms with Crippen molar-refractivity contribution in [2.75, 3.05) is 19.7 Å². The second-order valence-corrected chi connectivity index (χ2v) is 4.09. The number of hydrogen-bond acceptors (Lipinski definition) is 4. The third-order valence-corrected chi connectivity index (χ3v) is 2.70. The van der Waals surface area contributed by atoms with Crippen LogP contribution in [0.2, 0.25) is 0 Å². The first-order valence-corrected chi connectivity index (χ1v) is 5.61. The average molecular weight is 246 g/mol. The molecule has 1 heterocycles. The molecule has 7 nitrogen and oxygen atoms in total. The highest BCUT2D eigenvalue weighted by atomic mass is 16.4. The third kappa shape index (κ3) is 4.20. The van der Waals surface area contributed by atoms with Gasteiger partial charge in [-0.3, -0.25) is 0 Å². The molecule has 1 saturated heterocycles. The monoisotopic (exact) mass is 246 g/mol. The number of carbonyl (C=O) groups excluding carboxylic acids is 1. The summed E-state index contributed by atoms with van der Waals surface area (Å²) in [5.41, 5.74) is 0. The van der Waals surface area contributed by atoms with Crippen LogP contribution in [-0.4, -0.2) is 64.1 Å². The van der Waals surface area contributed by atoms with Gasteiger partial charge in [0.05, 0.1) is 6.10 Å². The lowest BCUT2D eigenvalue weighted by molar-refractivity contribution is -0.139. The minimum Gasteiger partial charge on any atom is -0.480 e. The van der Waals surface area contributed by atoms with Gasteiger partial charge in [-0.1, -0.05) is 0 Å². The van der Waals surface area contributed by atoms with E-state index in [9.17, 15) is 14.7 Å². The molecule has 17 heavy (non-hydrogen) atoms. The number of amides is 2. The largest absolute Gasteiger partial charge is 0.480 e. The summed E-state index contributed by atoms with van der Waals surface area (Å²) in [5, 5.41) is 29.2. The highest BCUT2D eigenvalue weighted by molar-refractivity contribution is 5.82. The molecule has 2 unspecified atom stereocenters. The zero-order valence-electron chi connectivity index (χ0n) is 9.50. The van der Waals surface area contributed by atoms with Crippen molar-refractivity contribution in [3.8, 4) is 0 Å². The van der Waals surface area contributed by atoms with Crippen LogP contribution >= 0.6 is 0 Å². The van der Waals surface area contributed by atoms with Gasteiger partial charge >= 0.3 is 12.0 Å². The van der Waals surface area contributed by atoms with Crippen LogP contribution in [-0.2, 0) is 4.79 Å². The highest BCUT2D eigenvalue weighted by Gasteiger charge is 2.26. The van der Waals surface area contributed by atoms with Crippen LogP contribution in [0, 0.1) is 0 Å². The Morgan fingerprint density at radius 3 is 2.71 bits per heavy atom. The van der Waals surface area contributed by atoms with Gasteiger partial charge in [0, 0.05) is 26.1 Å². The number of piperidine rings is 1. The topological polar surface area (TPSA) is 110 Å². The zero-order chi connectivity index (χ0) is 12.8. The minimum absolute atomic E-state index is 0.0303. The lowest BCUT2D eigenvalue weighted by Crippen LogP contribution is -2.51. The first kappa shape index (κ1) is 13.7. The van der Waals surface area contributed by atoms with Crippen molar-refractivity contribution in [3.05, 3.63) is 0 Å². The molecule has 0 saturated carbocycles. The first-order chi connectivity index (χ1) is 8.04. The van der Waals surface area contributed by atoms with Gasteiger partial charge in [-0.15, -0.1) is 0 Å². The molecule has 7 heteroatoms. The highest BCUT2D eigenvalue weighted by Crippen LogP contribution is 2.10. The van der Waals surface area contributed by atoms with E-state index in [4.69, 9.17) is 10.2 Å². The lowest BCUT2D eigenvalue weighted by atomic mass is 10.1. The molecule has 4 N–H and O–H groups in total. The summed E-state index contributed by atoms with van der Waals surface area (Å²) in [7, 11) is 0. The quantitative estimate of drug-likeness (QED) is 0.508. The Bertz CT molecular complexity index is 284. The van der Waals surface area contributed by atoms with Crippen molar-refractivity contribution in [2.24, 2.45) is 0 Å². The van der Waals surface area contributed by atoms with Gasteiger partial charge in [-0.2, -0.15) is 0 Å². The van der Waals surface area contributed by atoms with E-state index in [1.165, 1.54) is 4.90 Å². The second kappa shape index (κ2) is 6.41. The number of aliphatic carboxylic acids is 1. The molecule has 1 aliphatic heterocycles. The number of carboxylic acids is 1. The number of aliphatic hydroxyl groups excluding tert-OH is 2. The third-order valence-electron chi connectivity index (χ3n) is 2.70. The predicted molar refractivity (Wildman–Crippen MR) is 58.5 cm³/mol. The Morgan fingerprint density at radius 1 is 1.47 bits per heavy atom. The Balaban J connectivity index is 2.48. The summed E-state index contributed by atoms with van der Waals surface area (Å²) < 4.78 is 0. The molecule has 1 aliphatic rings. The standard InChI is InChI=1S/C10H18N2O5/c13-5-3-8(9(15)16)11-10(17)12-4-1-2-7(14)6-12/h7-8,13-14H,1-6H2,(H,11,17)(H,15,16). The van der Waals surface area contributed by atoms with Gasteiger partial charge < -0.3 is 25.5 Å². The van der Waals surface area contributed by atoms with E-state index in [1.54, 1.807) is 0 Å². The summed E-state index contributed by atoms with van der Waals surface area (Å²) in [6, 6.07) is -1.60. The Labute approximate surface area is 99.0 Å². The number of rotatable bonds is 4. The van der Waals surface area contributed by atoms with Gasteiger partial charge in [0.1, 0.15) is 6.04 Å². The fourth-order valence-electron chi connectivity index (χ4n) is 1.77. The maximum absolute atomic E-state index is 11.7. The van der Waals surface area contributed by atoms with E-state index in [0.29, 0.717) is 19.4 Å². The normalized spacial score (nSPS) is 22.0. The number of urea groups is 1. The molecule has 1 rings (SSSR count). The van der Waals surface area contributed by atoms with Crippen LogP contribution in [0.25, 0.3) is 0 Å². The zero-order valence-corrected chi connectivity index (χ0v) is 9.50. The number of hydrogen-bond donors (Lipinski definition) is 4. The molecule has 2 amide bonds. The molecular weight excluding hydrogens is 228 g/mol. The number of carboxylic acid groups (broad SMARTS) is 1. The Morgan fingerprint density at radius 2 is 2.18 bits per heavy atom. The molecule has 0 aromatic heterocycles. The maximum Gasteiger partial charge on any atom is 0.326 e. The molecule has 1 fully saturated rings. The summed E-state index contributed by atoms with van der Waals surface area (Å²) in [6.45, 7) is 0.422. The van der Waals surface area contributed by atoms with E-state index < -0.39 is 24.1 Å². The molecule has 0 aliphatic carbocycles. The number of aliphatic hydroxyl groups is 2. The van der Waals surface area contributed by atoms with Crippen LogP contribution in [0.1, 0.15) is 19.3 Å². The average Bonchev–Trinajstić information content (AvgIpc) is 2.28. The van der Waals surface area contributed by atoms with E-state index in [-0.39, 0.29) is 19.6 Å². The second-order valence-electron chi connectivity index (χ2n) is 4.09. The number of nitrogens with zero attached hydrogens (tertiary/aromatic N) is 1. The number of β-amino-alcohol motifs (C(OH)–C–C–N with tert-alkyl or cyclic N) is 1. The van der Waals surface area contributed by atoms with Gasteiger partial charge in [0.15, 0.2) is 0 Å². The summed E-state index contributed by atoms with van der Waals surface area (Å²) in [5.74, 6) is -1.18. The van der Waals surface area contributed by atoms with Gasteiger partial charge in [-0.05, 0) is 12.8 Å². The Hall–Kier alpha value is -1.34. The van der Waals surface area contributed by atoms with E-state index >= 15 is 0 Å². The molecule has 0 spiro atoms. The maximum atomic E-state index is 11.7.